The molecule has 0 bridgehead atoms. The van der Waals surface area contributed by atoms with E-state index in [0.717, 1.165) is 36.8 Å². The first-order valence-corrected chi connectivity index (χ1v) is 6.00. The Balaban J connectivity index is 2.18. The molecule has 0 aromatic heterocycles. The number of hydrogen-bond acceptors (Lipinski definition) is 0. The Bertz CT molecular complexity index is 348. The van der Waals surface area contributed by atoms with Gasteiger partial charge in [-0.25, -0.2) is 4.39 Å². The minimum Gasteiger partial charge on any atom is -0.207 e. The molecule has 1 saturated carbocycles. The minimum atomic E-state index is -0.0933. The summed E-state index contributed by atoms with van der Waals surface area (Å²) in [6.07, 6.45) is 4.40. The van der Waals surface area contributed by atoms with Crippen LogP contribution in [0.4, 0.5) is 4.39 Å². The molecule has 0 saturated heterocycles. The second-order valence-electron chi connectivity index (χ2n) is 4.47. The van der Waals surface area contributed by atoms with Crippen LogP contribution in [0, 0.1) is 12.7 Å². The molecule has 1 aliphatic carbocycles. The lowest BCUT2D eigenvalue weighted by atomic mass is 9.83. The molecular formula is C13H16ClF. The summed E-state index contributed by atoms with van der Waals surface area (Å²) >= 11 is 6.14. The first-order chi connectivity index (χ1) is 7.16. The van der Waals surface area contributed by atoms with Crippen molar-refractivity contribution >= 4 is 11.6 Å². The number of alkyl halides is 1. The Labute approximate surface area is 95.4 Å². The Hall–Kier alpha value is -0.560. The maximum atomic E-state index is 13.4. The van der Waals surface area contributed by atoms with Gasteiger partial charge < -0.3 is 0 Å². The normalized spacial score (nSPS) is 26.6. The standard InChI is InChI=1S/C13H16ClF/c1-9-5-6-11(8-13(9)15)10-3-2-4-12(14)7-10/h5-6,8,10,12H,2-4,7H2,1H3. The monoisotopic (exact) mass is 226 g/mol. The van der Waals surface area contributed by atoms with Crippen LogP contribution < -0.4 is 0 Å². The van der Waals surface area contributed by atoms with Gasteiger partial charge in [0, 0.05) is 5.38 Å². The van der Waals surface area contributed by atoms with Gasteiger partial charge >= 0.3 is 0 Å². The molecule has 1 aliphatic rings. The molecule has 1 fully saturated rings. The molecule has 0 heterocycles. The molecule has 0 N–H and O–H groups in total. The Morgan fingerprint density at radius 2 is 2.13 bits per heavy atom. The maximum Gasteiger partial charge on any atom is 0.126 e. The highest BCUT2D eigenvalue weighted by molar-refractivity contribution is 6.20. The van der Waals surface area contributed by atoms with Crippen molar-refractivity contribution in [3.63, 3.8) is 0 Å². The van der Waals surface area contributed by atoms with Crippen LogP contribution in [0.3, 0.4) is 0 Å². The predicted molar refractivity (Wildman–Crippen MR) is 62.0 cm³/mol. The molecule has 2 atom stereocenters. The van der Waals surface area contributed by atoms with E-state index in [1.807, 2.05) is 12.1 Å². The van der Waals surface area contributed by atoms with Gasteiger partial charge in [0.25, 0.3) is 0 Å². The molecule has 1 aromatic carbocycles. The largest absolute Gasteiger partial charge is 0.207 e. The first-order valence-electron chi connectivity index (χ1n) is 5.57. The van der Waals surface area contributed by atoms with Crippen LogP contribution in [0.2, 0.25) is 0 Å². The van der Waals surface area contributed by atoms with Gasteiger partial charge in [0.05, 0.1) is 0 Å². The van der Waals surface area contributed by atoms with Crippen LogP contribution in [-0.4, -0.2) is 5.38 Å². The number of halogens is 2. The topological polar surface area (TPSA) is 0 Å². The van der Waals surface area contributed by atoms with E-state index < -0.39 is 0 Å². The van der Waals surface area contributed by atoms with Crippen molar-refractivity contribution in [1.82, 2.24) is 0 Å². The third kappa shape index (κ3) is 2.52. The van der Waals surface area contributed by atoms with E-state index in [1.54, 1.807) is 13.0 Å². The number of hydrogen-bond donors (Lipinski definition) is 0. The van der Waals surface area contributed by atoms with Crippen molar-refractivity contribution in [2.24, 2.45) is 0 Å². The second kappa shape index (κ2) is 4.52. The highest BCUT2D eigenvalue weighted by Crippen LogP contribution is 2.35. The number of aryl methyl sites for hydroxylation is 1. The minimum absolute atomic E-state index is 0.0933. The molecule has 0 amide bonds. The van der Waals surface area contributed by atoms with Crippen LogP contribution in [0.5, 0.6) is 0 Å². The Morgan fingerprint density at radius 3 is 2.80 bits per heavy atom. The zero-order chi connectivity index (χ0) is 10.8. The van der Waals surface area contributed by atoms with Gasteiger partial charge in [0.1, 0.15) is 5.82 Å². The summed E-state index contributed by atoms with van der Waals surface area (Å²) in [7, 11) is 0. The smallest absolute Gasteiger partial charge is 0.126 e. The fourth-order valence-electron chi connectivity index (χ4n) is 2.30. The summed E-state index contributed by atoms with van der Waals surface area (Å²) in [5.74, 6) is 0.362. The zero-order valence-electron chi connectivity index (χ0n) is 8.97. The summed E-state index contributed by atoms with van der Waals surface area (Å²) in [5.41, 5.74) is 1.83. The van der Waals surface area contributed by atoms with Crippen LogP contribution >= 0.6 is 11.6 Å². The SMILES string of the molecule is Cc1ccc(C2CCCC(Cl)C2)cc1F. The van der Waals surface area contributed by atoms with Crippen LogP contribution in [-0.2, 0) is 0 Å². The molecule has 0 spiro atoms. The summed E-state index contributed by atoms with van der Waals surface area (Å²) in [6, 6.07) is 5.58. The average molecular weight is 227 g/mol. The molecule has 0 aliphatic heterocycles. The lowest BCUT2D eigenvalue weighted by molar-refractivity contribution is 0.447. The highest BCUT2D eigenvalue weighted by Gasteiger charge is 2.21. The molecule has 2 rings (SSSR count). The Morgan fingerprint density at radius 1 is 1.33 bits per heavy atom. The van der Waals surface area contributed by atoms with Crippen molar-refractivity contribution in [3.05, 3.63) is 35.1 Å². The second-order valence-corrected chi connectivity index (χ2v) is 5.09. The zero-order valence-corrected chi connectivity index (χ0v) is 9.73. The van der Waals surface area contributed by atoms with Gasteiger partial charge in [-0.05, 0) is 49.3 Å². The fourth-order valence-corrected chi connectivity index (χ4v) is 2.67. The summed E-state index contributed by atoms with van der Waals surface area (Å²) < 4.78 is 13.4. The molecule has 2 unspecified atom stereocenters. The van der Waals surface area contributed by atoms with Crippen LogP contribution in [0.15, 0.2) is 18.2 Å². The van der Waals surface area contributed by atoms with E-state index in [0.29, 0.717) is 5.92 Å². The van der Waals surface area contributed by atoms with Gasteiger partial charge in [0.2, 0.25) is 0 Å². The van der Waals surface area contributed by atoms with Gasteiger partial charge in [-0.1, -0.05) is 18.6 Å². The van der Waals surface area contributed by atoms with Gasteiger partial charge in [0.15, 0.2) is 0 Å². The lowest BCUT2D eigenvalue weighted by Gasteiger charge is -2.25. The van der Waals surface area contributed by atoms with E-state index in [4.69, 9.17) is 11.6 Å². The van der Waals surface area contributed by atoms with E-state index in [-0.39, 0.29) is 11.2 Å². The first kappa shape index (κ1) is 10.9. The fraction of sp³-hybridized carbons (Fsp3) is 0.538. The van der Waals surface area contributed by atoms with E-state index >= 15 is 0 Å². The van der Waals surface area contributed by atoms with Crippen molar-refractivity contribution in [1.29, 1.82) is 0 Å². The molecule has 2 heteroatoms. The average Bonchev–Trinajstić information content (AvgIpc) is 2.22. The van der Waals surface area contributed by atoms with Crippen LogP contribution in [0.25, 0.3) is 0 Å². The van der Waals surface area contributed by atoms with Gasteiger partial charge in [-0.15, -0.1) is 11.6 Å². The number of rotatable bonds is 1. The van der Waals surface area contributed by atoms with E-state index in [2.05, 4.69) is 0 Å². The van der Waals surface area contributed by atoms with E-state index in [9.17, 15) is 4.39 Å². The summed E-state index contributed by atoms with van der Waals surface area (Å²) in [6.45, 7) is 1.80. The molecular weight excluding hydrogens is 211 g/mol. The summed E-state index contributed by atoms with van der Waals surface area (Å²) in [4.78, 5) is 0. The lowest BCUT2D eigenvalue weighted by Crippen LogP contribution is -2.14. The highest BCUT2D eigenvalue weighted by atomic mass is 35.5. The third-order valence-corrected chi connectivity index (χ3v) is 3.67. The van der Waals surface area contributed by atoms with Crippen molar-refractivity contribution in [3.8, 4) is 0 Å². The maximum absolute atomic E-state index is 13.4. The molecule has 82 valence electrons. The predicted octanol–water partition coefficient (Wildman–Crippen LogP) is 4.40. The van der Waals surface area contributed by atoms with Gasteiger partial charge in [-0.3, -0.25) is 0 Å². The van der Waals surface area contributed by atoms with Crippen LogP contribution in [0.1, 0.15) is 42.7 Å². The van der Waals surface area contributed by atoms with Gasteiger partial charge in [-0.2, -0.15) is 0 Å². The summed E-state index contributed by atoms with van der Waals surface area (Å²) in [5, 5.41) is 0.271. The molecule has 15 heavy (non-hydrogen) atoms. The molecule has 0 nitrogen and oxygen atoms in total. The molecule has 1 aromatic rings. The third-order valence-electron chi connectivity index (χ3n) is 3.28. The quantitative estimate of drug-likeness (QED) is 0.623. The van der Waals surface area contributed by atoms with E-state index in [1.165, 1.54) is 0 Å². The van der Waals surface area contributed by atoms with Crippen molar-refractivity contribution in [2.75, 3.05) is 0 Å². The Kier molecular flexibility index (Phi) is 3.30. The molecule has 0 radical (unpaired) electrons. The van der Waals surface area contributed by atoms with Crippen molar-refractivity contribution < 1.29 is 4.39 Å². The number of benzene rings is 1. The van der Waals surface area contributed by atoms with Crippen molar-refractivity contribution in [2.45, 2.75) is 43.9 Å².